The van der Waals surface area contributed by atoms with Crippen LogP contribution in [-0.4, -0.2) is 38.0 Å². The summed E-state index contributed by atoms with van der Waals surface area (Å²) in [7, 11) is 0. The molecule has 6 rings (SSSR count). The van der Waals surface area contributed by atoms with Crippen LogP contribution in [0.1, 0.15) is 57.4 Å². The standard InChI is InChI=1S/C18H25N5O2S/c24-15(9-26-17-22-19-10-23(17)14-1-2-14)20-16(25)21-18-6-11-3-12(7-18)5-13(4-11)8-18/h10-14H,1-9H2,(H2,20,21,24,25). The Balaban J connectivity index is 1.13. The zero-order chi connectivity index (χ0) is 17.7. The van der Waals surface area contributed by atoms with Gasteiger partial charge in [-0.2, -0.15) is 0 Å². The van der Waals surface area contributed by atoms with E-state index in [4.69, 9.17) is 0 Å². The van der Waals surface area contributed by atoms with Crippen LogP contribution in [0.25, 0.3) is 0 Å². The molecule has 140 valence electrons. The fourth-order valence-electron chi connectivity index (χ4n) is 5.77. The molecule has 5 aliphatic carbocycles. The van der Waals surface area contributed by atoms with Gasteiger partial charge in [-0.25, -0.2) is 4.79 Å². The van der Waals surface area contributed by atoms with Crippen molar-refractivity contribution in [2.75, 3.05) is 5.75 Å². The van der Waals surface area contributed by atoms with Gasteiger partial charge in [0.2, 0.25) is 5.91 Å². The number of hydrogen-bond donors (Lipinski definition) is 2. The maximum absolute atomic E-state index is 12.4. The lowest BCUT2D eigenvalue weighted by Crippen LogP contribution is -2.61. The summed E-state index contributed by atoms with van der Waals surface area (Å²) in [5.74, 6) is 2.20. The van der Waals surface area contributed by atoms with Gasteiger partial charge < -0.3 is 9.88 Å². The second kappa shape index (κ2) is 6.25. The summed E-state index contributed by atoms with van der Waals surface area (Å²) >= 11 is 1.34. The average Bonchev–Trinajstić information content (AvgIpc) is 3.29. The highest BCUT2D eigenvalue weighted by molar-refractivity contribution is 7.99. The van der Waals surface area contributed by atoms with Crippen LogP contribution in [0.5, 0.6) is 0 Å². The van der Waals surface area contributed by atoms with Gasteiger partial charge in [-0.3, -0.25) is 10.1 Å². The summed E-state index contributed by atoms with van der Waals surface area (Å²) in [4.78, 5) is 24.6. The molecule has 0 atom stereocenters. The van der Waals surface area contributed by atoms with Crippen LogP contribution in [0, 0.1) is 17.8 Å². The summed E-state index contributed by atoms with van der Waals surface area (Å²) < 4.78 is 2.02. The molecule has 5 saturated carbocycles. The van der Waals surface area contributed by atoms with Crippen molar-refractivity contribution in [1.82, 2.24) is 25.4 Å². The minimum absolute atomic E-state index is 0.0710. The van der Waals surface area contributed by atoms with Gasteiger partial charge >= 0.3 is 6.03 Å². The number of thioether (sulfide) groups is 1. The molecule has 8 heteroatoms. The van der Waals surface area contributed by atoms with E-state index in [0.29, 0.717) is 6.04 Å². The summed E-state index contributed by atoms with van der Waals surface area (Å²) in [6, 6.07) is 0.149. The SMILES string of the molecule is O=C(CSc1nncn1C1CC1)NC(=O)NC12CC3CC(CC(C3)C1)C2. The molecule has 0 saturated heterocycles. The predicted octanol–water partition coefficient (Wildman–Crippen LogP) is 2.50. The van der Waals surface area contributed by atoms with Gasteiger partial charge in [0.05, 0.1) is 5.75 Å². The molecule has 0 aromatic carbocycles. The Morgan fingerprint density at radius 1 is 1.15 bits per heavy atom. The van der Waals surface area contributed by atoms with Gasteiger partial charge in [0.25, 0.3) is 0 Å². The number of nitrogens with zero attached hydrogens (tertiary/aromatic N) is 3. The zero-order valence-electron chi connectivity index (χ0n) is 14.8. The third-order valence-corrected chi connectivity index (χ3v) is 7.44. The third-order valence-electron chi connectivity index (χ3n) is 6.48. The number of imide groups is 1. The van der Waals surface area contributed by atoms with Gasteiger partial charge in [-0.15, -0.1) is 10.2 Å². The Bertz CT molecular complexity index is 694. The normalized spacial score (nSPS) is 34.7. The van der Waals surface area contributed by atoms with Gasteiger partial charge in [-0.05, 0) is 69.1 Å². The Morgan fingerprint density at radius 2 is 1.81 bits per heavy atom. The van der Waals surface area contributed by atoms with Crippen LogP contribution < -0.4 is 10.6 Å². The molecule has 5 aliphatic rings. The lowest BCUT2D eigenvalue weighted by molar-refractivity contribution is -0.117. The fraction of sp³-hybridized carbons (Fsp3) is 0.778. The molecule has 26 heavy (non-hydrogen) atoms. The summed E-state index contributed by atoms with van der Waals surface area (Å²) in [6.07, 6.45) is 11.3. The molecule has 1 aromatic heterocycles. The Kier molecular flexibility index (Phi) is 3.99. The van der Waals surface area contributed by atoms with Crippen molar-refractivity contribution in [3.8, 4) is 0 Å². The molecule has 0 aliphatic heterocycles. The molecule has 2 N–H and O–H groups in total. The quantitative estimate of drug-likeness (QED) is 0.772. The minimum Gasteiger partial charge on any atom is -0.332 e. The summed E-state index contributed by atoms with van der Waals surface area (Å²) in [5.41, 5.74) is -0.0710. The maximum Gasteiger partial charge on any atom is 0.321 e. The van der Waals surface area contributed by atoms with Crippen LogP contribution in [0.2, 0.25) is 0 Å². The molecule has 4 bridgehead atoms. The summed E-state index contributed by atoms with van der Waals surface area (Å²) in [6.45, 7) is 0. The van der Waals surface area contributed by atoms with E-state index in [9.17, 15) is 9.59 Å². The number of aromatic nitrogens is 3. The van der Waals surface area contributed by atoms with Crippen LogP contribution >= 0.6 is 11.8 Å². The maximum atomic E-state index is 12.4. The Labute approximate surface area is 157 Å². The lowest BCUT2D eigenvalue weighted by Gasteiger charge is -2.56. The molecular weight excluding hydrogens is 350 g/mol. The van der Waals surface area contributed by atoms with E-state index in [1.165, 1.54) is 31.0 Å². The van der Waals surface area contributed by atoms with Crippen LogP contribution in [-0.2, 0) is 4.79 Å². The van der Waals surface area contributed by atoms with Crippen molar-refractivity contribution in [3.05, 3.63) is 6.33 Å². The van der Waals surface area contributed by atoms with E-state index in [-0.39, 0.29) is 23.2 Å². The molecule has 3 amide bonds. The predicted molar refractivity (Wildman–Crippen MR) is 96.6 cm³/mol. The molecule has 0 radical (unpaired) electrons. The van der Waals surface area contributed by atoms with Gasteiger partial charge in [0.1, 0.15) is 6.33 Å². The van der Waals surface area contributed by atoms with E-state index in [2.05, 4.69) is 20.8 Å². The largest absolute Gasteiger partial charge is 0.332 e. The van der Waals surface area contributed by atoms with Crippen molar-refractivity contribution in [1.29, 1.82) is 0 Å². The van der Waals surface area contributed by atoms with Gasteiger partial charge in [0, 0.05) is 11.6 Å². The van der Waals surface area contributed by atoms with Gasteiger partial charge in [0.15, 0.2) is 5.16 Å². The molecule has 1 aromatic rings. The average molecular weight is 375 g/mol. The zero-order valence-corrected chi connectivity index (χ0v) is 15.6. The van der Waals surface area contributed by atoms with E-state index in [1.54, 1.807) is 6.33 Å². The molecule has 1 heterocycles. The van der Waals surface area contributed by atoms with Crippen molar-refractivity contribution < 1.29 is 9.59 Å². The second-order valence-electron chi connectivity index (χ2n) is 8.74. The van der Waals surface area contributed by atoms with Crippen LogP contribution in [0.3, 0.4) is 0 Å². The minimum atomic E-state index is -0.332. The van der Waals surface area contributed by atoms with E-state index < -0.39 is 0 Å². The smallest absolute Gasteiger partial charge is 0.321 e. The van der Waals surface area contributed by atoms with Crippen molar-refractivity contribution in [2.24, 2.45) is 17.8 Å². The van der Waals surface area contributed by atoms with Crippen molar-refractivity contribution >= 4 is 23.7 Å². The van der Waals surface area contributed by atoms with Crippen molar-refractivity contribution in [2.45, 2.75) is 68.1 Å². The van der Waals surface area contributed by atoms with Crippen LogP contribution in [0.4, 0.5) is 4.79 Å². The third kappa shape index (κ3) is 3.23. The summed E-state index contributed by atoms with van der Waals surface area (Å²) in [5, 5.41) is 14.4. The number of nitrogens with one attached hydrogen (secondary N) is 2. The first kappa shape index (κ1) is 16.6. The first-order chi connectivity index (χ1) is 12.6. The number of urea groups is 1. The van der Waals surface area contributed by atoms with E-state index >= 15 is 0 Å². The van der Waals surface area contributed by atoms with E-state index in [0.717, 1.165) is 55.0 Å². The first-order valence-electron chi connectivity index (χ1n) is 9.73. The van der Waals surface area contributed by atoms with E-state index in [1.807, 2.05) is 4.57 Å². The lowest BCUT2D eigenvalue weighted by atomic mass is 9.53. The number of rotatable bonds is 5. The Morgan fingerprint density at radius 3 is 2.42 bits per heavy atom. The van der Waals surface area contributed by atoms with Crippen LogP contribution in [0.15, 0.2) is 11.5 Å². The highest BCUT2D eigenvalue weighted by Gasteiger charge is 2.51. The molecule has 0 spiro atoms. The second-order valence-corrected chi connectivity index (χ2v) is 9.68. The number of carbonyl (C=O) groups is 2. The first-order valence-corrected chi connectivity index (χ1v) is 10.7. The van der Waals surface area contributed by atoms with Crippen molar-refractivity contribution in [3.63, 3.8) is 0 Å². The highest BCUT2D eigenvalue weighted by atomic mass is 32.2. The topological polar surface area (TPSA) is 88.9 Å². The fourth-order valence-corrected chi connectivity index (χ4v) is 6.55. The monoisotopic (exact) mass is 375 g/mol. The number of hydrogen-bond acceptors (Lipinski definition) is 5. The number of carbonyl (C=O) groups excluding carboxylic acids is 2. The molecular formula is C18H25N5O2S. The van der Waals surface area contributed by atoms with Gasteiger partial charge in [-0.1, -0.05) is 11.8 Å². The molecule has 7 nitrogen and oxygen atoms in total. The molecule has 5 fully saturated rings. The Hall–Kier alpha value is -1.57. The molecule has 0 unspecified atom stereocenters. The highest BCUT2D eigenvalue weighted by Crippen LogP contribution is 2.55. The number of amides is 3.